The van der Waals surface area contributed by atoms with Crippen LogP contribution in [-0.2, 0) is 18.1 Å². The van der Waals surface area contributed by atoms with Crippen molar-refractivity contribution in [1.82, 2.24) is 5.32 Å². The molecule has 3 nitrogen and oxygen atoms in total. The van der Waals surface area contributed by atoms with E-state index >= 15 is 0 Å². The molecule has 1 aliphatic rings. The number of amides is 1. The maximum atomic E-state index is 12.9. The zero-order valence-electron chi connectivity index (χ0n) is 14.0. The Morgan fingerprint density at radius 1 is 1.12 bits per heavy atom. The summed E-state index contributed by atoms with van der Waals surface area (Å²) in [6, 6.07) is 12.3. The van der Waals surface area contributed by atoms with E-state index in [1.165, 1.54) is 12.1 Å². The molecule has 0 heterocycles. The van der Waals surface area contributed by atoms with Crippen LogP contribution >= 0.6 is 12.4 Å². The summed E-state index contributed by atoms with van der Waals surface area (Å²) in [6.45, 7) is 0.729. The zero-order valence-corrected chi connectivity index (χ0v) is 14.8. The van der Waals surface area contributed by atoms with Crippen molar-refractivity contribution in [2.75, 3.05) is 6.54 Å². The van der Waals surface area contributed by atoms with Crippen LogP contribution in [0.25, 0.3) is 0 Å². The molecular formula is C19H20ClF3N2O. The predicted molar refractivity (Wildman–Crippen MR) is 96.3 cm³/mol. The SMILES string of the molecule is Cl.NCc1ccc(C(=O)NCC2(c3cccc(C(F)(F)F)c3)CC2)cc1. The molecule has 0 unspecified atom stereocenters. The fraction of sp³-hybridized carbons (Fsp3) is 0.316. The lowest BCUT2D eigenvalue weighted by Crippen LogP contribution is -2.32. The predicted octanol–water partition coefficient (Wildman–Crippen LogP) is 4.05. The van der Waals surface area contributed by atoms with Crippen LogP contribution in [0.1, 0.15) is 39.9 Å². The van der Waals surface area contributed by atoms with Crippen LogP contribution < -0.4 is 11.1 Å². The first-order valence-corrected chi connectivity index (χ1v) is 8.09. The van der Waals surface area contributed by atoms with E-state index in [2.05, 4.69) is 5.32 Å². The Hall–Kier alpha value is -2.05. The second-order valence-electron chi connectivity index (χ2n) is 6.44. The molecule has 3 rings (SSSR count). The summed E-state index contributed by atoms with van der Waals surface area (Å²) >= 11 is 0. The number of alkyl halides is 3. The quantitative estimate of drug-likeness (QED) is 0.817. The van der Waals surface area contributed by atoms with Crippen molar-refractivity contribution in [3.8, 4) is 0 Å². The van der Waals surface area contributed by atoms with Crippen molar-refractivity contribution in [3.05, 3.63) is 70.8 Å². The van der Waals surface area contributed by atoms with Gasteiger partial charge in [0, 0.05) is 24.1 Å². The van der Waals surface area contributed by atoms with E-state index in [0.717, 1.165) is 24.5 Å². The van der Waals surface area contributed by atoms with Crippen LogP contribution in [0.3, 0.4) is 0 Å². The summed E-state index contributed by atoms with van der Waals surface area (Å²) < 4.78 is 38.7. The van der Waals surface area contributed by atoms with Crippen LogP contribution in [0.5, 0.6) is 0 Å². The molecule has 3 N–H and O–H groups in total. The molecule has 0 atom stereocenters. The van der Waals surface area contributed by atoms with Gasteiger partial charge in [0.15, 0.2) is 0 Å². The fourth-order valence-electron chi connectivity index (χ4n) is 2.89. The van der Waals surface area contributed by atoms with Crippen LogP contribution in [0, 0.1) is 0 Å². The number of carbonyl (C=O) groups excluding carboxylic acids is 1. The van der Waals surface area contributed by atoms with Gasteiger partial charge in [-0.05, 0) is 42.2 Å². The maximum absolute atomic E-state index is 12.9. The molecule has 2 aromatic carbocycles. The number of carbonyl (C=O) groups is 1. The maximum Gasteiger partial charge on any atom is 0.416 e. The summed E-state index contributed by atoms with van der Waals surface area (Å²) in [4.78, 5) is 12.3. The molecule has 1 saturated carbocycles. The Kier molecular flexibility index (Phi) is 5.98. The summed E-state index contributed by atoms with van der Waals surface area (Å²) in [5.74, 6) is -0.234. The third-order valence-electron chi connectivity index (χ3n) is 4.69. The highest BCUT2D eigenvalue weighted by Gasteiger charge is 2.45. The Labute approximate surface area is 156 Å². The number of rotatable bonds is 5. The van der Waals surface area contributed by atoms with Gasteiger partial charge in [-0.2, -0.15) is 13.2 Å². The molecule has 0 bridgehead atoms. The minimum Gasteiger partial charge on any atom is -0.351 e. The Morgan fingerprint density at radius 2 is 1.77 bits per heavy atom. The Bertz CT molecular complexity index is 771. The molecule has 0 aromatic heterocycles. The van der Waals surface area contributed by atoms with Gasteiger partial charge >= 0.3 is 6.18 Å². The molecule has 1 aliphatic carbocycles. The molecular weight excluding hydrogens is 365 g/mol. The average molecular weight is 385 g/mol. The number of nitrogens with one attached hydrogen (secondary N) is 1. The minimum atomic E-state index is -4.36. The lowest BCUT2D eigenvalue weighted by molar-refractivity contribution is -0.137. The van der Waals surface area contributed by atoms with Crippen molar-refractivity contribution in [2.24, 2.45) is 5.73 Å². The fourth-order valence-corrected chi connectivity index (χ4v) is 2.89. The Morgan fingerprint density at radius 3 is 2.31 bits per heavy atom. The first-order chi connectivity index (χ1) is 11.8. The van der Waals surface area contributed by atoms with E-state index in [4.69, 9.17) is 5.73 Å². The van der Waals surface area contributed by atoms with Crippen molar-refractivity contribution in [3.63, 3.8) is 0 Å². The van der Waals surface area contributed by atoms with Crippen molar-refractivity contribution >= 4 is 18.3 Å². The average Bonchev–Trinajstić information content (AvgIpc) is 3.40. The van der Waals surface area contributed by atoms with Gasteiger partial charge in [0.05, 0.1) is 5.56 Å². The van der Waals surface area contributed by atoms with Gasteiger partial charge in [0.2, 0.25) is 0 Å². The first kappa shape index (κ1) is 20.3. The molecule has 0 saturated heterocycles. The van der Waals surface area contributed by atoms with E-state index in [9.17, 15) is 18.0 Å². The van der Waals surface area contributed by atoms with Gasteiger partial charge in [-0.3, -0.25) is 4.79 Å². The summed E-state index contributed by atoms with van der Waals surface area (Å²) in [6.07, 6.45) is -2.83. The van der Waals surface area contributed by atoms with Gasteiger partial charge in [-0.15, -0.1) is 12.4 Å². The first-order valence-electron chi connectivity index (χ1n) is 8.09. The molecule has 0 radical (unpaired) electrons. The standard InChI is InChI=1S/C19H19F3N2O.ClH/c20-19(21,22)16-3-1-2-15(10-16)18(8-9-18)12-24-17(25)14-6-4-13(11-23)5-7-14;/h1-7,10H,8-9,11-12,23H2,(H,24,25);1H. The van der Waals surface area contributed by atoms with Crippen LogP contribution in [0.15, 0.2) is 48.5 Å². The second-order valence-corrected chi connectivity index (χ2v) is 6.44. The highest BCUT2D eigenvalue weighted by Crippen LogP contribution is 2.48. The Balaban J connectivity index is 0.00000243. The minimum absolute atomic E-state index is 0. The van der Waals surface area contributed by atoms with Crippen molar-refractivity contribution in [2.45, 2.75) is 31.0 Å². The topological polar surface area (TPSA) is 55.1 Å². The van der Waals surface area contributed by atoms with Gasteiger partial charge < -0.3 is 11.1 Å². The molecule has 1 amide bonds. The highest BCUT2D eigenvalue weighted by molar-refractivity contribution is 5.94. The van der Waals surface area contributed by atoms with Crippen molar-refractivity contribution < 1.29 is 18.0 Å². The number of hydrogen-bond donors (Lipinski definition) is 2. The molecule has 26 heavy (non-hydrogen) atoms. The lowest BCUT2D eigenvalue weighted by atomic mass is 9.94. The van der Waals surface area contributed by atoms with Crippen molar-refractivity contribution in [1.29, 1.82) is 0 Å². The van der Waals surface area contributed by atoms with Gasteiger partial charge in [-0.1, -0.05) is 30.3 Å². The van der Waals surface area contributed by atoms with Gasteiger partial charge in [-0.25, -0.2) is 0 Å². The molecule has 1 fully saturated rings. The number of benzene rings is 2. The van der Waals surface area contributed by atoms with E-state index in [0.29, 0.717) is 24.2 Å². The third kappa shape index (κ3) is 4.37. The van der Waals surface area contributed by atoms with E-state index < -0.39 is 17.2 Å². The van der Waals surface area contributed by atoms with E-state index in [-0.39, 0.29) is 18.3 Å². The smallest absolute Gasteiger partial charge is 0.351 e. The van der Waals surface area contributed by atoms with Crippen LogP contribution in [-0.4, -0.2) is 12.5 Å². The summed E-state index contributed by atoms with van der Waals surface area (Å²) in [5.41, 5.74) is 6.55. The van der Waals surface area contributed by atoms with Gasteiger partial charge in [0.25, 0.3) is 5.91 Å². The highest BCUT2D eigenvalue weighted by atomic mass is 35.5. The second kappa shape index (κ2) is 7.68. The normalized spacial score (nSPS) is 15.1. The number of hydrogen-bond acceptors (Lipinski definition) is 2. The molecule has 140 valence electrons. The number of nitrogens with two attached hydrogens (primary N) is 1. The lowest BCUT2D eigenvalue weighted by Gasteiger charge is -2.18. The summed E-state index contributed by atoms with van der Waals surface area (Å²) in [5, 5.41) is 2.84. The molecule has 0 aliphatic heterocycles. The third-order valence-corrected chi connectivity index (χ3v) is 4.69. The molecule has 2 aromatic rings. The molecule has 7 heteroatoms. The monoisotopic (exact) mass is 384 g/mol. The molecule has 0 spiro atoms. The largest absolute Gasteiger partial charge is 0.416 e. The van der Waals surface area contributed by atoms with E-state index in [1.54, 1.807) is 30.3 Å². The number of halogens is 4. The van der Waals surface area contributed by atoms with E-state index in [1.807, 2.05) is 0 Å². The zero-order chi connectivity index (χ0) is 18.1. The van der Waals surface area contributed by atoms with Gasteiger partial charge in [0.1, 0.15) is 0 Å². The summed E-state index contributed by atoms with van der Waals surface area (Å²) in [7, 11) is 0. The van der Waals surface area contributed by atoms with Crippen LogP contribution in [0.4, 0.5) is 13.2 Å². The van der Waals surface area contributed by atoms with Crippen LogP contribution in [0.2, 0.25) is 0 Å².